The summed E-state index contributed by atoms with van der Waals surface area (Å²) in [4.78, 5) is 29.8. The SMILES string of the molecule is Cc1cc(C)c(N2C(=O)C(C)(C)C(=O)n3c2c(C(C)(C)C)p3-c2c(C)cc(C)cc2C)c(C)c1. The molecule has 2 aromatic carbocycles. The van der Waals surface area contributed by atoms with E-state index in [1.165, 1.54) is 32.9 Å². The zero-order valence-corrected chi connectivity index (χ0v) is 23.4. The maximum atomic E-state index is 14.0. The van der Waals surface area contributed by atoms with E-state index in [0.29, 0.717) is 0 Å². The number of fused-ring (bicyclic) bond motifs is 1. The third kappa shape index (κ3) is 3.41. The lowest BCUT2D eigenvalue weighted by Crippen LogP contribution is -2.53. The first-order valence-electron chi connectivity index (χ1n) is 12.0. The minimum absolute atomic E-state index is 0.0929. The number of benzene rings is 2. The average molecular weight is 477 g/mol. The standard InChI is InChI=1S/C29H37N2O2P/c1-16-12-18(3)22(19(4)13-16)30-25-24(28(7,8)9)34(23-20(5)14-17(2)15-21(23)6)31(25)27(33)29(10,11)26(30)32/h12-15H,1-11H3. The van der Waals surface area contributed by atoms with Gasteiger partial charge in [0.1, 0.15) is 11.2 Å². The van der Waals surface area contributed by atoms with Crippen LogP contribution in [0.4, 0.5) is 11.5 Å². The number of amides is 1. The highest BCUT2D eigenvalue weighted by Crippen LogP contribution is 2.63. The van der Waals surface area contributed by atoms with E-state index in [1.54, 1.807) is 13.8 Å². The number of aryl methyl sites for hydroxylation is 6. The Morgan fingerprint density at radius 3 is 1.62 bits per heavy atom. The molecule has 1 unspecified atom stereocenters. The van der Waals surface area contributed by atoms with Gasteiger partial charge in [-0.3, -0.25) is 14.5 Å². The molecule has 0 N–H and O–H groups in total. The summed E-state index contributed by atoms with van der Waals surface area (Å²) in [6.07, 6.45) is 0. The van der Waals surface area contributed by atoms with Gasteiger partial charge in [0.25, 0.3) is 5.91 Å². The van der Waals surface area contributed by atoms with Gasteiger partial charge in [-0.25, -0.2) is 4.33 Å². The molecule has 180 valence electrons. The quantitative estimate of drug-likeness (QED) is 0.352. The Hall–Kier alpha value is -2.58. The summed E-state index contributed by atoms with van der Waals surface area (Å²) in [5.74, 6) is 0.541. The fraction of sp³-hybridized carbons (Fsp3) is 0.448. The van der Waals surface area contributed by atoms with Crippen LogP contribution in [0, 0.1) is 47.0 Å². The van der Waals surface area contributed by atoms with Crippen LogP contribution in [-0.2, 0) is 10.2 Å². The monoisotopic (exact) mass is 476 g/mol. The minimum Gasteiger partial charge on any atom is -0.273 e. The fourth-order valence-electron chi connectivity index (χ4n) is 5.57. The molecule has 0 spiro atoms. The molecule has 34 heavy (non-hydrogen) atoms. The molecule has 1 amide bonds. The number of carbonyl (C=O) groups is 2. The zero-order valence-electron chi connectivity index (χ0n) is 22.5. The Morgan fingerprint density at radius 1 is 0.735 bits per heavy atom. The Balaban J connectivity index is 2.15. The van der Waals surface area contributed by atoms with Crippen LogP contribution in [0.25, 0.3) is 5.30 Å². The molecule has 1 aromatic heterocycles. The number of anilines is 2. The number of carbonyl (C=O) groups excluding carboxylic acids is 2. The summed E-state index contributed by atoms with van der Waals surface area (Å²) in [6, 6.07) is 8.66. The van der Waals surface area contributed by atoms with E-state index in [0.717, 1.165) is 22.6 Å². The lowest BCUT2D eigenvalue weighted by atomic mass is 9.86. The molecule has 5 heteroatoms. The van der Waals surface area contributed by atoms with Crippen LogP contribution in [0.15, 0.2) is 24.3 Å². The van der Waals surface area contributed by atoms with Gasteiger partial charge in [0.2, 0.25) is 5.91 Å². The molecule has 0 saturated heterocycles. The van der Waals surface area contributed by atoms with Crippen LogP contribution in [-0.4, -0.2) is 16.1 Å². The first-order valence-corrected chi connectivity index (χ1v) is 13.3. The average Bonchev–Trinajstić information content (AvgIpc) is 2.64. The van der Waals surface area contributed by atoms with Crippen LogP contribution in [0.3, 0.4) is 0 Å². The second-order valence-electron chi connectivity index (χ2n) is 11.6. The molecule has 0 fully saturated rings. The largest absolute Gasteiger partial charge is 0.273 e. The van der Waals surface area contributed by atoms with E-state index in [4.69, 9.17) is 0 Å². The maximum Gasteiger partial charge on any atom is 0.250 e. The van der Waals surface area contributed by atoms with Gasteiger partial charge in [0.05, 0.1) is 5.69 Å². The third-order valence-corrected chi connectivity index (χ3v) is 10.1. The van der Waals surface area contributed by atoms with Crippen LogP contribution < -0.4 is 4.90 Å². The molecule has 0 bridgehead atoms. The van der Waals surface area contributed by atoms with Crippen LogP contribution in [0.5, 0.6) is 0 Å². The summed E-state index contributed by atoms with van der Waals surface area (Å²) in [5.41, 5.74) is 6.49. The van der Waals surface area contributed by atoms with Crippen molar-refractivity contribution in [2.24, 2.45) is 5.41 Å². The van der Waals surface area contributed by atoms with Crippen LogP contribution in [0.2, 0.25) is 0 Å². The molecule has 4 nitrogen and oxygen atoms in total. The van der Waals surface area contributed by atoms with Gasteiger partial charge in [-0.15, -0.1) is 0 Å². The van der Waals surface area contributed by atoms with Gasteiger partial charge >= 0.3 is 0 Å². The van der Waals surface area contributed by atoms with Gasteiger partial charge in [-0.1, -0.05) is 56.2 Å². The molecule has 0 aliphatic carbocycles. The van der Waals surface area contributed by atoms with Gasteiger partial charge in [0, 0.05) is 10.6 Å². The summed E-state index contributed by atoms with van der Waals surface area (Å²) in [7, 11) is -1.05. The van der Waals surface area contributed by atoms with E-state index in [9.17, 15) is 9.59 Å². The topological polar surface area (TPSA) is 42.3 Å². The Bertz CT molecular complexity index is 1320. The molecule has 0 saturated carbocycles. The second kappa shape index (κ2) is 7.71. The van der Waals surface area contributed by atoms with Gasteiger partial charge in [0.15, 0.2) is 0 Å². The Morgan fingerprint density at radius 2 is 1.18 bits per heavy atom. The highest BCUT2D eigenvalue weighted by atomic mass is 31.1. The lowest BCUT2D eigenvalue weighted by Gasteiger charge is -2.47. The van der Waals surface area contributed by atoms with Gasteiger partial charge in [-0.05, 0) is 90.8 Å². The molecule has 0 radical (unpaired) electrons. The number of rotatable bonds is 2. The molecular formula is C29H37N2O2P. The van der Waals surface area contributed by atoms with Gasteiger partial charge < -0.3 is 0 Å². The van der Waals surface area contributed by atoms with Crippen molar-refractivity contribution in [2.45, 2.75) is 81.6 Å². The van der Waals surface area contributed by atoms with E-state index < -0.39 is 13.1 Å². The molecular weight excluding hydrogens is 439 g/mol. The Labute approximate surface area is 205 Å². The molecule has 2 heterocycles. The van der Waals surface area contributed by atoms with Crippen molar-refractivity contribution in [3.63, 3.8) is 0 Å². The van der Waals surface area contributed by atoms with E-state index >= 15 is 0 Å². The van der Waals surface area contributed by atoms with Crippen molar-refractivity contribution >= 4 is 31.0 Å². The van der Waals surface area contributed by atoms with E-state index in [-0.39, 0.29) is 17.2 Å². The predicted molar refractivity (Wildman–Crippen MR) is 144 cm³/mol. The summed E-state index contributed by atoms with van der Waals surface area (Å²) < 4.78 is 1.97. The second-order valence-corrected chi connectivity index (χ2v) is 13.5. The zero-order chi connectivity index (χ0) is 25.5. The highest BCUT2D eigenvalue weighted by Gasteiger charge is 2.53. The summed E-state index contributed by atoms with van der Waals surface area (Å²) >= 11 is 0. The maximum absolute atomic E-state index is 14.0. The van der Waals surface area contributed by atoms with Crippen molar-refractivity contribution < 1.29 is 9.59 Å². The first kappa shape index (κ1) is 24.5. The van der Waals surface area contributed by atoms with E-state index in [2.05, 4.69) is 86.6 Å². The predicted octanol–water partition coefficient (Wildman–Crippen LogP) is 7.96. The summed E-state index contributed by atoms with van der Waals surface area (Å²) in [6.45, 7) is 22.7. The number of aromatic nitrogens is 1. The van der Waals surface area contributed by atoms with E-state index in [1.807, 2.05) is 9.23 Å². The molecule has 1 aliphatic rings. The normalized spacial score (nSPS) is 16.3. The summed E-state index contributed by atoms with van der Waals surface area (Å²) in [5, 5.41) is 2.44. The van der Waals surface area contributed by atoms with Crippen molar-refractivity contribution in [3.8, 4) is 5.30 Å². The number of hydrogen-bond donors (Lipinski definition) is 0. The van der Waals surface area contributed by atoms with Crippen LogP contribution >= 0.6 is 7.69 Å². The minimum atomic E-state index is -1.14. The number of nitrogens with zero attached hydrogens (tertiary/aromatic N) is 2. The molecule has 1 aliphatic heterocycles. The van der Waals surface area contributed by atoms with Crippen molar-refractivity contribution in [1.82, 2.24) is 4.33 Å². The molecule has 1 atom stereocenters. The van der Waals surface area contributed by atoms with Crippen LogP contribution in [0.1, 0.15) is 78.1 Å². The van der Waals surface area contributed by atoms with Crippen molar-refractivity contribution in [3.05, 3.63) is 62.9 Å². The Kier molecular flexibility index (Phi) is 5.57. The molecule has 3 aromatic rings. The third-order valence-electron chi connectivity index (χ3n) is 6.92. The van der Waals surface area contributed by atoms with Crippen molar-refractivity contribution in [1.29, 1.82) is 0 Å². The fourth-order valence-corrected chi connectivity index (χ4v) is 8.68. The smallest absolute Gasteiger partial charge is 0.250 e. The lowest BCUT2D eigenvalue weighted by molar-refractivity contribution is -0.124. The highest BCUT2D eigenvalue weighted by molar-refractivity contribution is 7.57. The molecule has 4 rings (SSSR count). The first-order chi connectivity index (χ1) is 15.6. The van der Waals surface area contributed by atoms with Crippen molar-refractivity contribution in [2.75, 3.05) is 4.90 Å². The van der Waals surface area contributed by atoms with Gasteiger partial charge in [-0.2, -0.15) is 0 Å². The number of hydrogen-bond acceptors (Lipinski definition) is 2.